The van der Waals surface area contributed by atoms with Crippen LogP contribution in [0.1, 0.15) is 42.4 Å². The van der Waals surface area contributed by atoms with Gasteiger partial charge in [-0.05, 0) is 25.7 Å². The average molecular weight is 277 g/mol. The number of nitrogens with zero attached hydrogens (tertiary/aromatic N) is 3. The Morgan fingerprint density at radius 3 is 2.80 bits per heavy atom. The van der Waals surface area contributed by atoms with Gasteiger partial charge in [0.1, 0.15) is 5.69 Å². The molecule has 6 heteroatoms. The smallest absolute Gasteiger partial charge is 0.271 e. The Kier molecular flexibility index (Phi) is 3.41. The first-order chi connectivity index (χ1) is 9.60. The van der Waals surface area contributed by atoms with E-state index in [4.69, 9.17) is 5.73 Å². The second-order valence-electron chi connectivity index (χ2n) is 5.87. The number of hydrogen-bond acceptors (Lipinski definition) is 4. The molecule has 1 aromatic heterocycles. The van der Waals surface area contributed by atoms with Crippen LogP contribution in [-0.2, 0) is 13.5 Å². The standard InChI is InChI=1S/C14H23N5O/c1-3-11-12(15)13(18(2)17-11)14(20)16-9-6-7-19(8-9)10-4-5-10/h9-10H,3-8,15H2,1-2H3,(H,16,20). The SMILES string of the molecule is CCc1nn(C)c(C(=O)NC2CCN(C3CC3)C2)c1N. The molecule has 2 aliphatic rings. The monoisotopic (exact) mass is 277 g/mol. The van der Waals surface area contributed by atoms with Gasteiger partial charge in [0.25, 0.3) is 5.91 Å². The highest BCUT2D eigenvalue weighted by atomic mass is 16.2. The number of nitrogen functional groups attached to an aromatic ring is 1. The van der Waals surface area contributed by atoms with Gasteiger partial charge < -0.3 is 11.1 Å². The molecule has 110 valence electrons. The van der Waals surface area contributed by atoms with Crippen LogP contribution < -0.4 is 11.1 Å². The molecular formula is C14H23N5O. The minimum atomic E-state index is -0.0974. The third-order valence-corrected chi connectivity index (χ3v) is 4.33. The van der Waals surface area contributed by atoms with Crippen LogP contribution in [0.3, 0.4) is 0 Å². The van der Waals surface area contributed by atoms with Crippen molar-refractivity contribution in [3.8, 4) is 0 Å². The quantitative estimate of drug-likeness (QED) is 0.842. The molecule has 1 amide bonds. The molecule has 0 bridgehead atoms. The Hall–Kier alpha value is -1.56. The summed E-state index contributed by atoms with van der Waals surface area (Å²) in [5.41, 5.74) is 7.83. The zero-order valence-corrected chi connectivity index (χ0v) is 12.2. The summed E-state index contributed by atoms with van der Waals surface area (Å²) in [4.78, 5) is 14.9. The van der Waals surface area contributed by atoms with Gasteiger partial charge in [0, 0.05) is 32.2 Å². The van der Waals surface area contributed by atoms with Crippen molar-refractivity contribution in [2.45, 2.75) is 44.7 Å². The molecule has 2 heterocycles. The Balaban J connectivity index is 1.66. The van der Waals surface area contributed by atoms with Crippen LogP contribution >= 0.6 is 0 Å². The molecule has 2 fully saturated rings. The summed E-state index contributed by atoms with van der Waals surface area (Å²) < 4.78 is 1.59. The number of amides is 1. The lowest BCUT2D eigenvalue weighted by molar-refractivity contribution is 0.0929. The van der Waals surface area contributed by atoms with Gasteiger partial charge in [-0.3, -0.25) is 14.4 Å². The summed E-state index contributed by atoms with van der Waals surface area (Å²) in [5.74, 6) is -0.0974. The Morgan fingerprint density at radius 2 is 2.20 bits per heavy atom. The molecule has 1 unspecified atom stereocenters. The van der Waals surface area contributed by atoms with Gasteiger partial charge in [-0.2, -0.15) is 5.10 Å². The normalized spacial score (nSPS) is 23.2. The molecule has 1 aromatic rings. The average Bonchev–Trinajstić information content (AvgIpc) is 3.09. The van der Waals surface area contributed by atoms with Crippen molar-refractivity contribution in [1.29, 1.82) is 0 Å². The van der Waals surface area contributed by atoms with Gasteiger partial charge in [0.2, 0.25) is 0 Å². The minimum Gasteiger partial charge on any atom is -0.395 e. The fourth-order valence-electron chi connectivity index (χ4n) is 3.06. The van der Waals surface area contributed by atoms with Crippen LogP contribution in [0.5, 0.6) is 0 Å². The van der Waals surface area contributed by atoms with Gasteiger partial charge >= 0.3 is 0 Å². The molecule has 1 aliphatic carbocycles. The number of likely N-dealkylation sites (tertiary alicyclic amines) is 1. The lowest BCUT2D eigenvalue weighted by Gasteiger charge is -2.16. The number of rotatable bonds is 4. The highest BCUT2D eigenvalue weighted by Crippen LogP contribution is 2.30. The highest BCUT2D eigenvalue weighted by molar-refractivity contribution is 5.98. The molecule has 1 atom stereocenters. The number of anilines is 1. The van der Waals surface area contributed by atoms with E-state index >= 15 is 0 Å². The molecule has 1 saturated carbocycles. The van der Waals surface area contributed by atoms with E-state index in [9.17, 15) is 4.79 Å². The van der Waals surface area contributed by atoms with E-state index in [2.05, 4.69) is 15.3 Å². The van der Waals surface area contributed by atoms with Crippen LogP contribution in [0, 0.1) is 0 Å². The van der Waals surface area contributed by atoms with E-state index in [-0.39, 0.29) is 11.9 Å². The van der Waals surface area contributed by atoms with Crippen molar-refractivity contribution in [2.24, 2.45) is 7.05 Å². The summed E-state index contributed by atoms with van der Waals surface area (Å²) in [5, 5.41) is 7.40. The first kappa shape index (κ1) is 13.4. The van der Waals surface area contributed by atoms with Crippen LogP contribution in [0.4, 0.5) is 5.69 Å². The Bertz CT molecular complexity index is 520. The fraction of sp³-hybridized carbons (Fsp3) is 0.714. The summed E-state index contributed by atoms with van der Waals surface area (Å²) in [7, 11) is 1.77. The number of nitrogens with two attached hydrogens (primary N) is 1. The molecule has 1 saturated heterocycles. The lowest BCUT2D eigenvalue weighted by atomic mass is 10.2. The molecule has 0 radical (unpaired) electrons. The predicted molar refractivity (Wildman–Crippen MR) is 77.5 cm³/mol. The molecule has 1 aliphatic heterocycles. The number of aromatic nitrogens is 2. The number of nitrogens with one attached hydrogen (secondary N) is 1. The summed E-state index contributed by atoms with van der Waals surface area (Å²) in [6, 6.07) is 1.01. The van der Waals surface area contributed by atoms with Crippen LogP contribution in [-0.4, -0.2) is 45.8 Å². The van der Waals surface area contributed by atoms with Gasteiger partial charge in [0.15, 0.2) is 0 Å². The van der Waals surface area contributed by atoms with E-state index in [1.807, 2.05) is 6.92 Å². The van der Waals surface area contributed by atoms with Crippen molar-refractivity contribution in [1.82, 2.24) is 20.0 Å². The maximum absolute atomic E-state index is 12.4. The van der Waals surface area contributed by atoms with Gasteiger partial charge in [-0.15, -0.1) is 0 Å². The van der Waals surface area contributed by atoms with Gasteiger partial charge in [-0.25, -0.2) is 0 Å². The maximum Gasteiger partial charge on any atom is 0.271 e. The van der Waals surface area contributed by atoms with Gasteiger partial charge in [0.05, 0.1) is 11.4 Å². The zero-order valence-electron chi connectivity index (χ0n) is 12.2. The van der Waals surface area contributed by atoms with E-state index in [0.717, 1.165) is 37.7 Å². The zero-order chi connectivity index (χ0) is 14.3. The number of aryl methyl sites for hydroxylation is 2. The van der Waals surface area contributed by atoms with Crippen LogP contribution in [0.15, 0.2) is 0 Å². The number of carbonyl (C=O) groups excluding carboxylic acids is 1. The molecule has 3 rings (SSSR count). The molecule has 0 spiro atoms. The van der Waals surface area contributed by atoms with Crippen LogP contribution in [0.2, 0.25) is 0 Å². The second-order valence-corrected chi connectivity index (χ2v) is 5.87. The highest BCUT2D eigenvalue weighted by Gasteiger charge is 2.35. The first-order valence-electron chi connectivity index (χ1n) is 7.46. The van der Waals surface area contributed by atoms with Gasteiger partial charge in [-0.1, -0.05) is 6.92 Å². The molecule has 0 aromatic carbocycles. The lowest BCUT2D eigenvalue weighted by Crippen LogP contribution is -2.38. The molecule has 6 nitrogen and oxygen atoms in total. The molecular weight excluding hydrogens is 254 g/mol. The summed E-state index contributed by atoms with van der Waals surface area (Å²) in [6.07, 6.45) is 4.40. The van der Waals surface area contributed by atoms with E-state index in [1.165, 1.54) is 12.8 Å². The molecule has 20 heavy (non-hydrogen) atoms. The van der Waals surface area contributed by atoms with Crippen LogP contribution in [0.25, 0.3) is 0 Å². The number of carbonyl (C=O) groups is 1. The third-order valence-electron chi connectivity index (χ3n) is 4.33. The molecule has 3 N–H and O–H groups in total. The Morgan fingerprint density at radius 1 is 1.45 bits per heavy atom. The first-order valence-corrected chi connectivity index (χ1v) is 7.46. The van der Waals surface area contributed by atoms with Crippen molar-refractivity contribution >= 4 is 11.6 Å². The number of hydrogen-bond donors (Lipinski definition) is 2. The van der Waals surface area contributed by atoms with Crippen molar-refractivity contribution < 1.29 is 4.79 Å². The van der Waals surface area contributed by atoms with E-state index in [1.54, 1.807) is 11.7 Å². The summed E-state index contributed by atoms with van der Waals surface area (Å²) in [6.45, 7) is 4.05. The predicted octanol–water partition coefficient (Wildman–Crippen LogP) is 0.531. The van der Waals surface area contributed by atoms with Crippen molar-refractivity contribution in [3.05, 3.63) is 11.4 Å². The minimum absolute atomic E-state index is 0.0974. The van der Waals surface area contributed by atoms with Crippen molar-refractivity contribution in [3.63, 3.8) is 0 Å². The van der Waals surface area contributed by atoms with Crippen molar-refractivity contribution in [2.75, 3.05) is 18.8 Å². The van der Waals surface area contributed by atoms with E-state index in [0.29, 0.717) is 11.4 Å². The maximum atomic E-state index is 12.4. The Labute approximate surface area is 119 Å². The largest absolute Gasteiger partial charge is 0.395 e. The fourth-order valence-corrected chi connectivity index (χ4v) is 3.06. The third kappa shape index (κ3) is 2.40. The second kappa shape index (κ2) is 5.09. The summed E-state index contributed by atoms with van der Waals surface area (Å²) >= 11 is 0. The van der Waals surface area contributed by atoms with E-state index < -0.39 is 0 Å². The topological polar surface area (TPSA) is 76.2 Å².